The van der Waals surface area contributed by atoms with Crippen molar-refractivity contribution in [3.05, 3.63) is 65.3 Å². The third kappa shape index (κ3) is 5.83. The Morgan fingerprint density at radius 2 is 1.91 bits per heavy atom. The second kappa shape index (κ2) is 10.7. The molecular weight excluding hydrogens is 438 g/mol. The summed E-state index contributed by atoms with van der Waals surface area (Å²) in [6.07, 6.45) is 5.16. The van der Waals surface area contributed by atoms with Gasteiger partial charge in [-0.1, -0.05) is 23.7 Å². The molecule has 1 aliphatic heterocycles. The van der Waals surface area contributed by atoms with Gasteiger partial charge in [0.2, 0.25) is 0 Å². The van der Waals surface area contributed by atoms with Gasteiger partial charge >= 0.3 is 0 Å². The number of piperazine rings is 1. The van der Waals surface area contributed by atoms with Crippen molar-refractivity contribution < 1.29 is 14.3 Å². The quantitative estimate of drug-likeness (QED) is 0.449. The van der Waals surface area contributed by atoms with Gasteiger partial charge < -0.3 is 14.4 Å². The van der Waals surface area contributed by atoms with Gasteiger partial charge in [-0.25, -0.2) is 0 Å². The average molecular weight is 466 g/mol. The molecule has 0 saturated carbocycles. The molecule has 1 aromatic heterocycles. The fraction of sp³-hybridized carbons (Fsp3) is 0.308. The summed E-state index contributed by atoms with van der Waals surface area (Å²) >= 11 is 6.13. The maximum absolute atomic E-state index is 11.1. The van der Waals surface area contributed by atoms with E-state index in [0.29, 0.717) is 23.1 Å². The van der Waals surface area contributed by atoms with Crippen molar-refractivity contribution in [3.8, 4) is 11.5 Å². The number of halogens is 1. The van der Waals surface area contributed by atoms with E-state index in [2.05, 4.69) is 26.9 Å². The molecule has 6 nitrogen and oxygen atoms in total. The first-order valence-corrected chi connectivity index (χ1v) is 11.4. The van der Waals surface area contributed by atoms with Gasteiger partial charge in [0.25, 0.3) is 0 Å². The highest BCUT2D eigenvalue weighted by atomic mass is 35.5. The molecule has 2 heterocycles. The molecular formula is C26H28ClN3O3. The summed E-state index contributed by atoms with van der Waals surface area (Å²) in [4.78, 5) is 20.4. The maximum Gasteiger partial charge on any atom is 0.161 e. The number of pyridine rings is 1. The monoisotopic (exact) mass is 465 g/mol. The molecule has 0 unspecified atom stereocenters. The fourth-order valence-corrected chi connectivity index (χ4v) is 4.17. The minimum atomic E-state index is 0.0101. The lowest BCUT2D eigenvalue weighted by Crippen LogP contribution is -2.47. The molecule has 1 saturated heterocycles. The minimum absolute atomic E-state index is 0.0101. The van der Waals surface area contributed by atoms with E-state index in [-0.39, 0.29) is 5.78 Å². The van der Waals surface area contributed by atoms with Crippen molar-refractivity contribution in [2.24, 2.45) is 0 Å². The van der Waals surface area contributed by atoms with Crippen molar-refractivity contribution in [1.82, 2.24) is 9.88 Å². The third-order valence-corrected chi connectivity index (χ3v) is 5.99. The molecule has 33 heavy (non-hydrogen) atoms. The number of methoxy groups -OCH3 is 1. The van der Waals surface area contributed by atoms with Crippen molar-refractivity contribution in [3.63, 3.8) is 0 Å². The number of fused-ring (bicyclic) bond motifs is 1. The van der Waals surface area contributed by atoms with Crippen molar-refractivity contribution >= 4 is 40.1 Å². The number of benzene rings is 2. The Morgan fingerprint density at radius 3 is 2.67 bits per heavy atom. The fourth-order valence-electron chi connectivity index (χ4n) is 4.00. The number of rotatable bonds is 8. The van der Waals surface area contributed by atoms with Gasteiger partial charge in [-0.15, -0.1) is 0 Å². The van der Waals surface area contributed by atoms with Crippen molar-refractivity contribution in [2.45, 2.75) is 6.92 Å². The summed E-state index contributed by atoms with van der Waals surface area (Å²) < 4.78 is 11.5. The van der Waals surface area contributed by atoms with E-state index in [1.807, 2.05) is 36.5 Å². The van der Waals surface area contributed by atoms with Gasteiger partial charge in [0.15, 0.2) is 17.3 Å². The molecule has 0 N–H and O–H groups in total. The van der Waals surface area contributed by atoms with Crippen LogP contribution in [0.5, 0.6) is 11.5 Å². The van der Waals surface area contributed by atoms with Crippen LogP contribution in [0.25, 0.3) is 17.0 Å². The zero-order valence-electron chi connectivity index (χ0n) is 19.0. The predicted molar refractivity (Wildman–Crippen MR) is 134 cm³/mol. The highest BCUT2D eigenvalue weighted by molar-refractivity contribution is 6.31. The Morgan fingerprint density at radius 1 is 1.09 bits per heavy atom. The average Bonchev–Trinajstić information content (AvgIpc) is 2.83. The maximum atomic E-state index is 11.1. The van der Waals surface area contributed by atoms with Crippen LogP contribution in [0.1, 0.15) is 12.5 Å². The van der Waals surface area contributed by atoms with Crippen LogP contribution >= 0.6 is 11.6 Å². The Kier molecular flexibility index (Phi) is 7.47. The van der Waals surface area contributed by atoms with Crippen LogP contribution in [0, 0.1) is 0 Å². The lowest BCUT2D eigenvalue weighted by atomic mass is 10.1. The van der Waals surface area contributed by atoms with Crippen LogP contribution in [0.3, 0.4) is 0 Å². The Labute approximate surface area is 199 Å². The summed E-state index contributed by atoms with van der Waals surface area (Å²) in [7, 11) is 1.62. The molecule has 0 amide bonds. The zero-order chi connectivity index (χ0) is 23.2. The largest absolute Gasteiger partial charge is 0.493 e. The van der Waals surface area contributed by atoms with E-state index in [9.17, 15) is 4.79 Å². The number of allylic oxidation sites excluding steroid dienone is 1. The Bertz CT molecular complexity index is 1160. The van der Waals surface area contributed by atoms with Gasteiger partial charge in [-0.3, -0.25) is 14.7 Å². The number of nitrogens with zero attached hydrogens (tertiary/aromatic N) is 3. The summed E-state index contributed by atoms with van der Waals surface area (Å²) in [6.45, 7) is 6.77. The lowest BCUT2D eigenvalue weighted by molar-refractivity contribution is -0.112. The molecule has 172 valence electrons. The molecule has 7 heteroatoms. The molecule has 1 fully saturated rings. The molecule has 0 spiro atoms. The molecule has 2 aromatic carbocycles. The standard InChI is InChI=1S/C26H28ClN3O3/c1-19(31)3-4-20-5-8-25(26(17-20)32-2)33-16-15-29-11-13-30(14-12-29)24-9-10-28-23-18-21(27)6-7-22(23)24/h3-10,17-18H,11-16H2,1-2H3/b4-3+. The number of carbonyl (C=O) groups is 1. The number of ketones is 1. The normalized spacial score (nSPS) is 14.7. The SMILES string of the molecule is COc1cc(/C=C/C(C)=O)ccc1OCCN1CCN(c2ccnc3cc(Cl)ccc23)CC1. The number of hydrogen-bond acceptors (Lipinski definition) is 6. The highest BCUT2D eigenvalue weighted by Gasteiger charge is 2.19. The molecule has 3 aromatic rings. The first-order chi connectivity index (χ1) is 16.0. The highest BCUT2D eigenvalue weighted by Crippen LogP contribution is 2.29. The lowest BCUT2D eigenvalue weighted by Gasteiger charge is -2.36. The van der Waals surface area contributed by atoms with Gasteiger partial charge in [-0.2, -0.15) is 0 Å². The summed E-state index contributed by atoms with van der Waals surface area (Å²) in [6, 6.07) is 13.6. The summed E-state index contributed by atoms with van der Waals surface area (Å²) in [5.74, 6) is 1.38. The van der Waals surface area contributed by atoms with Crippen LogP contribution in [0.15, 0.2) is 54.7 Å². The second-order valence-electron chi connectivity index (χ2n) is 8.02. The summed E-state index contributed by atoms with van der Waals surface area (Å²) in [5, 5.41) is 1.84. The Hall–Kier alpha value is -3.09. The summed E-state index contributed by atoms with van der Waals surface area (Å²) in [5.41, 5.74) is 3.03. The van der Waals surface area contributed by atoms with Crippen molar-refractivity contribution in [1.29, 1.82) is 0 Å². The number of carbonyl (C=O) groups excluding carboxylic acids is 1. The molecule has 0 radical (unpaired) electrons. The number of ether oxygens (including phenoxy) is 2. The third-order valence-electron chi connectivity index (χ3n) is 5.76. The van der Waals surface area contributed by atoms with E-state index in [0.717, 1.165) is 49.2 Å². The topological polar surface area (TPSA) is 54.9 Å². The second-order valence-corrected chi connectivity index (χ2v) is 8.46. The van der Waals surface area contributed by atoms with Gasteiger partial charge in [0, 0.05) is 55.0 Å². The van der Waals surface area contributed by atoms with E-state index in [4.69, 9.17) is 21.1 Å². The van der Waals surface area contributed by atoms with Crippen LogP contribution in [-0.4, -0.2) is 62.1 Å². The number of aromatic nitrogens is 1. The zero-order valence-corrected chi connectivity index (χ0v) is 19.7. The molecule has 0 aliphatic carbocycles. The smallest absolute Gasteiger partial charge is 0.161 e. The Balaban J connectivity index is 1.30. The van der Waals surface area contributed by atoms with E-state index in [1.54, 1.807) is 19.3 Å². The van der Waals surface area contributed by atoms with Crippen LogP contribution < -0.4 is 14.4 Å². The predicted octanol–water partition coefficient (Wildman–Crippen LogP) is 4.70. The number of hydrogen-bond donors (Lipinski definition) is 0. The van der Waals surface area contributed by atoms with Crippen LogP contribution in [0.2, 0.25) is 5.02 Å². The van der Waals surface area contributed by atoms with Crippen molar-refractivity contribution in [2.75, 3.05) is 51.3 Å². The van der Waals surface area contributed by atoms with E-state index >= 15 is 0 Å². The van der Waals surface area contributed by atoms with E-state index < -0.39 is 0 Å². The first kappa shape index (κ1) is 23.1. The van der Waals surface area contributed by atoms with Gasteiger partial charge in [0.05, 0.1) is 12.6 Å². The first-order valence-electron chi connectivity index (χ1n) is 11.0. The van der Waals surface area contributed by atoms with E-state index in [1.165, 1.54) is 12.6 Å². The number of anilines is 1. The molecule has 0 atom stereocenters. The minimum Gasteiger partial charge on any atom is -0.493 e. The van der Waals surface area contributed by atoms with Gasteiger partial charge in [0.1, 0.15) is 6.61 Å². The molecule has 4 rings (SSSR count). The van der Waals surface area contributed by atoms with Crippen LogP contribution in [-0.2, 0) is 4.79 Å². The van der Waals surface area contributed by atoms with Crippen LogP contribution in [0.4, 0.5) is 5.69 Å². The molecule has 1 aliphatic rings. The molecule has 0 bridgehead atoms. The van der Waals surface area contributed by atoms with Gasteiger partial charge in [-0.05, 0) is 55.0 Å².